The van der Waals surface area contributed by atoms with E-state index in [1.54, 1.807) is 6.92 Å². The molecule has 108 valence electrons. The van der Waals surface area contributed by atoms with Crippen molar-refractivity contribution in [3.63, 3.8) is 0 Å². The van der Waals surface area contributed by atoms with Gasteiger partial charge in [0.2, 0.25) is 5.82 Å². The van der Waals surface area contributed by atoms with E-state index in [-0.39, 0.29) is 23.6 Å². The Labute approximate surface area is 111 Å². The molecule has 0 aromatic heterocycles. The van der Waals surface area contributed by atoms with Crippen LogP contribution in [-0.2, 0) is 10.1 Å². The minimum absolute atomic E-state index is 0.0907. The van der Waals surface area contributed by atoms with Crippen LogP contribution in [0.5, 0.6) is 11.5 Å². The Morgan fingerprint density at radius 3 is 2.11 bits per heavy atom. The van der Waals surface area contributed by atoms with E-state index in [9.17, 15) is 12.8 Å². The Morgan fingerprint density at radius 2 is 1.79 bits per heavy atom. The molecule has 0 spiro atoms. The Hall–Kier alpha value is -1.54. The number of methoxy groups -OCH3 is 2. The number of anilines is 1. The van der Waals surface area contributed by atoms with Crippen molar-refractivity contribution in [2.24, 2.45) is 0 Å². The summed E-state index contributed by atoms with van der Waals surface area (Å²) in [6, 6.07) is 2.57. The summed E-state index contributed by atoms with van der Waals surface area (Å²) in [7, 11) is -1.69. The molecule has 19 heavy (non-hydrogen) atoms. The smallest absolute Gasteiger partial charge is 0.286 e. The summed E-state index contributed by atoms with van der Waals surface area (Å²) in [5, 5.41) is 1.39. The molecular weight excluding hydrogens is 277 g/mol. The molecule has 0 aliphatic heterocycles. The van der Waals surface area contributed by atoms with Gasteiger partial charge in [-0.25, -0.2) is 0 Å². The summed E-state index contributed by atoms with van der Waals surface area (Å²) in [5.41, 5.74) is 0.263. The maximum Gasteiger partial charge on any atom is 0.286 e. The molecule has 0 saturated heterocycles. The monoisotopic (exact) mass is 293 g/mol. The maximum absolute atomic E-state index is 13.7. The predicted molar refractivity (Wildman–Crippen MR) is 68.8 cm³/mol. The Morgan fingerprint density at radius 1 is 1.32 bits per heavy atom. The molecule has 1 aromatic carbocycles. The van der Waals surface area contributed by atoms with Gasteiger partial charge in [0.15, 0.2) is 16.9 Å². The number of rotatable bonds is 6. The van der Waals surface area contributed by atoms with E-state index in [0.717, 1.165) is 0 Å². The predicted octanol–water partition coefficient (Wildman–Crippen LogP) is 1.88. The number of benzene rings is 1. The molecular formula is C11H16FNO5S. The van der Waals surface area contributed by atoms with Crippen LogP contribution in [0.1, 0.15) is 13.3 Å². The van der Waals surface area contributed by atoms with E-state index in [1.165, 1.54) is 26.4 Å². The van der Waals surface area contributed by atoms with Crippen LogP contribution in [0.15, 0.2) is 12.1 Å². The fourth-order valence-electron chi connectivity index (χ4n) is 1.53. The van der Waals surface area contributed by atoms with Crippen LogP contribution in [0.3, 0.4) is 0 Å². The lowest BCUT2D eigenvalue weighted by Gasteiger charge is -2.17. The number of hydrogen-bond donors (Lipinski definition) is 2. The molecule has 1 atom stereocenters. The lowest BCUT2D eigenvalue weighted by atomic mass is 10.2. The molecule has 0 aliphatic carbocycles. The second-order valence-corrected chi connectivity index (χ2v) is 5.35. The third kappa shape index (κ3) is 3.71. The molecule has 8 heteroatoms. The molecule has 0 fully saturated rings. The highest BCUT2D eigenvalue weighted by molar-refractivity contribution is 7.86. The number of hydrogen-bond acceptors (Lipinski definition) is 5. The number of ether oxygens (including phenoxy) is 2. The summed E-state index contributed by atoms with van der Waals surface area (Å²) in [4.78, 5) is 0. The third-order valence-electron chi connectivity index (χ3n) is 2.50. The van der Waals surface area contributed by atoms with Gasteiger partial charge in [0.05, 0.1) is 14.2 Å². The zero-order valence-electron chi connectivity index (χ0n) is 10.8. The summed E-state index contributed by atoms with van der Waals surface area (Å²) in [5.74, 6) is -0.866. The average molecular weight is 293 g/mol. The van der Waals surface area contributed by atoms with Crippen molar-refractivity contribution in [3.8, 4) is 11.5 Å². The van der Waals surface area contributed by atoms with E-state index >= 15 is 0 Å². The molecule has 1 rings (SSSR count). The van der Waals surface area contributed by atoms with Gasteiger partial charge in [-0.2, -0.15) is 12.8 Å². The van der Waals surface area contributed by atoms with Crippen LogP contribution >= 0.6 is 0 Å². The molecule has 0 saturated carbocycles. The topological polar surface area (TPSA) is 84.9 Å². The van der Waals surface area contributed by atoms with Gasteiger partial charge < -0.3 is 14.8 Å². The van der Waals surface area contributed by atoms with E-state index in [1.807, 2.05) is 0 Å². The van der Waals surface area contributed by atoms with Crippen LogP contribution in [0.2, 0.25) is 0 Å². The normalized spacial score (nSPS) is 12.9. The first kappa shape index (κ1) is 15.5. The number of halogens is 1. The zero-order chi connectivity index (χ0) is 14.6. The summed E-state index contributed by atoms with van der Waals surface area (Å²) >= 11 is 0. The van der Waals surface area contributed by atoms with Crippen LogP contribution in [0, 0.1) is 5.82 Å². The quantitative estimate of drug-likeness (QED) is 0.779. The van der Waals surface area contributed by atoms with Gasteiger partial charge in [0, 0.05) is 17.8 Å². The first-order valence-corrected chi connectivity index (χ1v) is 6.98. The Balaban J connectivity index is 3.14. The van der Waals surface area contributed by atoms with E-state index < -0.39 is 21.3 Å². The molecule has 1 aromatic rings. The first-order chi connectivity index (χ1) is 8.83. The summed E-state index contributed by atoms with van der Waals surface area (Å²) < 4.78 is 54.5. The Kier molecular flexibility index (Phi) is 4.96. The summed E-state index contributed by atoms with van der Waals surface area (Å²) in [6.45, 7) is 1.59. The average Bonchev–Trinajstić information content (AvgIpc) is 2.35. The van der Waals surface area contributed by atoms with Crippen molar-refractivity contribution in [3.05, 3.63) is 17.9 Å². The van der Waals surface area contributed by atoms with Gasteiger partial charge >= 0.3 is 0 Å². The van der Waals surface area contributed by atoms with Gasteiger partial charge in [-0.05, 0) is 6.42 Å². The van der Waals surface area contributed by atoms with Crippen LogP contribution in [0.25, 0.3) is 0 Å². The minimum atomic E-state index is -4.25. The molecule has 1 unspecified atom stereocenters. The first-order valence-electron chi connectivity index (χ1n) is 5.47. The van der Waals surface area contributed by atoms with Crippen LogP contribution in [0.4, 0.5) is 10.1 Å². The van der Waals surface area contributed by atoms with Crippen molar-refractivity contribution in [1.29, 1.82) is 0 Å². The molecule has 0 amide bonds. The van der Waals surface area contributed by atoms with Crippen molar-refractivity contribution < 1.29 is 26.8 Å². The molecule has 0 heterocycles. The van der Waals surface area contributed by atoms with Crippen LogP contribution < -0.4 is 14.8 Å². The standard InChI is InChI=1S/C11H16FNO5S/c1-4-10(19(14,15)16)13-7-5-8(17-2)11(12)9(6-7)18-3/h5-6,10,13H,4H2,1-3H3,(H,14,15,16). The molecule has 0 radical (unpaired) electrons. The van der Waals surface area contributed by atoms with Gasteiger partial charge in [0.25, 0.3) is 10.1 Å². The highest BCUT2D eigenvalue weighted by atomic mass is 32.2. The summed E-state index contributed by atoms with van der Waals surface area (Å²) in [6.07, 6.45) is 0.140. The molecule has 0 aliphatic rings. The van der Waals surface area contributed by atoms with Gasteiger partial charge in [0.1, 0.15) is 0 Å². The second-order valence-electron chi connectivity index (χ2n) is 3.75. The van der Waals surface area contributed by atoms with Crippen LogP contribution in [-0.4, -0.2) is 32.6 Å². The second kappa shape index (κ2) is 6.07. The zero-order valence-corrected chi connectivity index (χ0v) is 11.6. The lowest BCUT2D eigenvalue weighted by molar-refractivity contribution is 0.351. The van der Waals surface area contributed by atoms with Crippen molar-refractivity contribution in [1.82, 2.24) is 0 Å². The maximum atomic E-state index is 13.7. The molecule has 0 bridgehead atoms. The minimum Gasteiger partial charge on any atom is -0.493 e. The van der Waals surface area contributed by atoms with Gasteiger partial charge in [-0.1, -0.05) is 6.92 Å². The molecule has 2 N–H and O–H groups in total. The fourth-order valence-corrected chi connectivity index (χ4v) is 2.23. The van der Waals surface area contributed by atoms with E-state index in [0.29, 0.717) is 0 Å². The number of nitrogens with one attached hydrogen (secondary N) is 1. The van der Waals surface area contributed by atoms with Gasteiger partial charge in [-0.3, -0.25) is 4.55 Å². The van der Waals surface area contributed by atoms with Crippen molar-refractivity contribution >= 4 is 15.8 Å². The largest absolute Gasteiger partial charge is 0.493 e. The van der Waals surface area contributed by atoms with Crippen molar-refractivity contribution in [2.45, 2.75) is 18.7 Å². The SMILES string of the molecule is CCC(Nc1cc(OC)c(F)c(OC)c1)S(=O)(=O)O. The molecule has 6 nitrogen and oxygen atoms in total. The fraction of sp³-hybridized carbons (Fsp3) is 0.455. The van der Waals surface area contributed by atoms with Gasteiger partial charge in [-0.15, -0.1) is 0 Å². The van der Waals surface area contributed by atoms with E-state index in [4.69, 9.17) is 14.0 Å². The lowest BCUT2D eigenvalue weighted by Crippen LogP contribution is -2.28. The highest BCUT2D eigenvalue weighted by Gasteiger charge is 2.22. The Bertz CT molecular complexity index is 521. The third-order valence-corrected chi connectivity index (χ3v) is 3.67. The van der Waals surface area contributed by atoms with E-state index in [2.05, 4.69) is 5.32 Å². The van der Waals surface area contributed by atoms with Crippen molar-refractivity contribution in [2.75, 3.05) is 19.5 Å². The highest BCUT2D eigenvalue weighted by Crippen LogP contribution is 2.31.